The smallest absolute Gasteiger partial charge is 0.158 e. The van der Waals surface area contributed by atoms with Crippen molar-refractivity contribution in [2.45, 2.75) is 32.9 Å². The molecular weight excluding hydrogens is 216 g/mol. The lowest BCUT2D eigenvalue weighted by Gasteiger charge is -2.09. The summed E-state index contributed by atoms with van der Waals surface area (Å²) in [6.45, 7) is 5.34. The Balaban J connectivity index is 2.07. The third-order valence-corrected chi connectivity index (χ3v) is 2.91. The Kier molecular flexibility index (Phi) is 3.78. The van der Waals surface area contributed by atoms with Gasteiger partial charge >= 0.3 is 0 Å². The van der Waals surface area contributed by atoms with Crippen molar-refractivity contribution < 1.29 is 4.74 Å². The van der Waals surface area contributed by atoms with Gasteiger partial charge in [0.25, 0.3) is 0 Å². The number of nitrogens with zero attached hydrogens (tertiary/aromatic N) is 2. The summed E-state index contributed by atoms with van der Waals surface area (Å²) < 4.78 is 5.34. The SMILES string of the molecule is CCOCc1nc(NC)cc(NC2CC2C)n1. The van der Waals surface area contributed by atoms with E-state index in [1.165, 1.54) is 6.42 Å². The molecule has 1 aromatic rings. The normalized spacial score (nSPS) is 22.3. The van der Waals surface area contributed by atoms with Crippen molar-refractivity contribution in [2.75, 3.05) is 24.3 Å². The Morgan fingerprint density at radius 3 is 2.71 bits per heavy atom. The Labute approximate surface area is 102 Å². The van der Waals surface area contributed by atoms with Crippen molar-refractivity contribution in [3.63, 3.8) is 0 Å². The fraction of sp³-hybridized carbons (Fsp3) is 0.667. The standard InChI is InChI=1S/C12H20N4O/c1-4-17-7-12-15-10(13-3)6-11(16-12)14-9-5-8(9)2/h6,8-9H,4-5,7H2,1-3H3,(H2,13,14,15,16). The lowest BCUT2D eigenvalue weighted by Crippen LogP contribution is -2.10. The summed E-state index contributed by atoms with van der Waals surface area (Å²) in [4.78, 5) is 8.80. The van der Waals surface area contributed by atoms with Crippen LogP contribution in [-0.2, 0) is 11.3 Å². The van der Waals surface area contributed by atoms with Crippen molar-refractivity contribution in [1.29, 1.82) is 0 Å². The van der Waals surface area contributed by atoms with Gasteiger partial charge in [-0.2, -0.15) is 0 Å². The maximum atomic E-state index is 5.34. The van der Waals surface area contributed by atoms with Gasteiger partial charge in [-0.15, -0.1) is 0 Å². The predicted molar refractivity (Wildman–Crippen MR) is 68.1 cm³/mol. The summed E-state index contributed by atoms with van der Waals surface area (Å²) in [5.74, 6) is 3.17. The van der Waals surface area contributed by atoms with Crippen molar-refractivity contribution in [1.82, 2.24) is 9.97 Å². The van der Waals surface area contributed by atoms with Gasteiger partial charge in [0, 0.05) is 25.8 Å². The summed E-state index contributed by atoms with van der Waals surface area (Å²) in [5.41, 5.74) is 0. The van der Waals surface area contributed by atoms with Gasteiger partial charge in [0.05, 0.1) is 0 Å². The second-order valence-electron chi connectivity index (χ2n) is 4.41. The molecule has 17 heavy (non-hydrogen) atoms. The Morgan fingerprint density at radius 2 is 2.12 bits per heavy atom. The van der Waals surface area contributed by atoms with Crippen LogP contribution in [0.4, 0.5) is 11.6 Å². The highest BCUT2D eigenvalue weighted by Gasteiger charge is 2.32. The Bertz CT molecular complexity index is 383. The van der Waals surface area contributed by atoms with Gasteiger partial charge in [-0.1, -0.05) is 6.92 Å². The number of aromatic nitrogens is 2. The second kappa shape index (κ2) is 5.31. The molecule has 2 atom stereocenters. The minimum atomic E-state index is 0.459. The molecule has 1 fully saturated rings. The van der Waals surface area contributed by atoms with Crippen molar-refractivity contribution in [2.24, 2.45) is 5.92 Å². The lowest BCUT2D eigenvalue weighted by molar-refractivity contribution is 0.128. The van der Waals surface area contributed by atoms with E-state index in [4.69, 9.17) is 4.74 Å². The number of nitrogens with one attached hydrogen (secondary N) is 2. The second-order valence-corrected chi connectivity index (χ2v) is 4.41. The average Bonchev–Trinajstić information content (AvgIpc) is 3.01. The third-order valence-electron chi connectivity index (χ3n) is 2.91. The van der Waals surface area contributed by atoms with Crippen molar-refractivity contribution in [3.8, 4) is 0 Å². The van der Waals surface area contributed by atoms with E-state index in [0.717, 1.165) is 23.4 Å². The molecule has 1 saturated carbocycles. The first-order chi connectivity index (χ1) is 8.22. The predicted octanol–water partition coefficient (Wildman–Crippen LogP) is 1.88. The van der Waals surface area contributed by atoms with Crippen LogP contribution in [0, 0.1) is 5.92 Å². The van der Waals surface area contributed by atoms with Gasteiger partial charge in [0.15, 0.2) is 5.82 Å². The van der Waals surface area contributed by atoms with Crippen LogP contribution in [0.5, 0.6) is 0 Å². The molecule has 5 nitrogen and oxygen atoms in total. The highest BCUT2D eigenvalue weighted by molar-refractivity contribution is 5.48. The summed E-state index contributed by atoms with van der Waals surface area (Å²) in [5, 5.41) is 6.45. The first kappa shape index (κ1) is 12.1. The average molecular weight is 236 g/mol. The molecule has 1 aliphatic rings. The number of ether oxygens (including phenoxy) is 1. The highest BCUT2D eigenvalue weighted by Crippen LogP contribution is 2.32. The molecule has 0 amide bonds. The van der Waals surface area contributed by atoms with E-state index in [9.17, 15) is 0 Å². The first-order valence-electron chi connectivity index (χ1n) is 6.13. The number of anilines is 2. The molecule has 0 aromatic carbocycles. The maximum absolute atomic E-state index is 5.34. The molecule has 1 aromatic heterocycles. The molecule has 0 bridgehead atoms. The molecule has 0 saturated heterocycles. The fourth-order valence-electron chi connectivity index (χ4n) is 1.67. The van der Waals surface area contributed by atoms with E-state index < -0.39 is 0 Å². The Morgan fingerprint density at radius 1 is 1.41 bits per heavy atom. The maximum Gasteiger partial charge on any atom is 0.158 e. The molecular formula is C12H20N4O. The van der Waals surface area contributed by atoms with Gasteiger partial charge < -0.3 is 15.4 Å². The van der Waals surface area contributed by atoms with Crippen LogP contribution in [0.3, 0.4) is 0 Å². The third kappa shape index (κ3) is 3.30. The van der Waals surface area contributed by atoms with Crippen molar-refractivity contribution in [3.05, 3.63) is 11.9 Å². The lowest BCUT2D eigenvalue weighted by atomic mass is 10.4. The molecule has 2 rings (SSSR count). The molecule has 0 aliphatic heterocycles. The summed E-state index contributed by atoms with van der Waals surface area (Å²) in [6.07, 6.45) is 1.22. The van der Waals surface area contributed by atoms with Crippen LogP contribution in [0.2, 0.25) is 0 Å². The van der Waals surface area contributed by atoms with Gasteiger partial charge in [-0.25, -0.2) is 9.97 Å². The monoisotopic (exact) mass is 236 g/mol. The van der Waals surface area contributed by atoms with E-state index in [0.29, 0.717) is 19.3 Å². The van der Waals surface area contributed by atoms with Crippen LogP contribution in [-0.4, -0.2) is 29.7 Å². The molecule has 0 radical (unpaired) electrons. The molecule has 0 spiro atoms. The van der Waals surface area contributed by atoms with E-state index >= 15 is 0 Å². The van der Waals surface area contributed by atoms with Gasteiger partial charge in [-0.05, 0) is 19.3 Å². The van der Waals surface area contributed by atoms with Crippen LogP contribution < -0.4 is 10.6 Å². The molecule has 94 valence electrons. The number of hydrogen-bond donors (Lipinski definition) is 2. The molecule has 1 heterocycles. The summed E-state index contributed by atoms with van der Waals surface area (Å²) in [6, 6.07) is 2.50. The van der Waals surface area contributed by atoms with Gasteiger partial charge in [-0.3, -0.25) is 0 Å². The summed E-state index contributed by atoms with van der Waals surface area (Å²) in [7, 11) is 1.86. The van der Waals surface area contributed by atoms with Crippen LogP contribution in [0.25, 0.3) is 0 Å². The Hall–Kier alpha value is -1.36. The van der Waals surface area contributed by atoms with Crippen molar-refractivity contribution >= 4 is 11.6 Å². The molecule has 2 unspecified atom stereocenters. The minimum Gasteiger partial charge on any atom is -0.374 e. The molecule has 5 heteroatoms. The van der Waals surface area contributed by atoms with Gasteiger partial charge in [0.1, 0.15) is 18.2 Å². The van der Waals surface area contributed by atoms with Crippen LogP contribution in [0.15, 0.2) is 6.07 Å². The zero-order valence-electron chi connectivity index (χ0n) is 10.7. The quantitative estimate of drug-likeness (QED) is 0.789. The first-order valence-corrected chi connectivity index (χ1v) is 6.13. The number of hydrogen-bond acceptors (Lipinski definition) is 5. The molecule has 2 N–H and O–H groups in total. The summed E-state index contributed by atoms with van der Waals surface area (Å²) >= 11 is 0. The fourth-order valence-corrected chi connectivity index (χ4v) is 1.67. The van der Waals surface area contributed by atoms with E-state index in [2.05, 4.69) is 27.5 Å². The largest absolute Gasteiger partial charge is 0.374 e. The topological polar surface area (TPSA) is 59.1 Å². The van der Waals surface area contributed by atoms with E-state index in [-0.39, 0.29) is 0 Å². The number of rotatable bonds is 6. The highest BCUT2D eigenvalue weighted by atomic mass is 16.5. The molecule has 1 aliphatic carbocycles. The zero-order valence-corrected chi connectivity index (χ0v) is 10.7. The minimum absolute atomic E-state index is 0.459. The zero-order chi connectivity index (χ0) is 12.3. The van der Waals surface area contributed by atoms with E-state index in [1.807, 2.05) is 20.0 Å². The van der Waals surface area contributed by atoms with Gasteiger partial charge in [0.2, 0.25) is 0 Å². The van der Waals surface area contributed by atoms with E-state index in [1.54, 1.807) is 0 Å². The van der Waals surface area contributed by atoms with Crippen LogP contribution >= 0.6 is 0 Å². The van der Waals surface area contributed by atoms with Crippen LogP contribution in [0.1, 0.15) is 26.1 Å².